The van der Waals surface area contributed by atoms with Crippen LogP contribution in [0.2, 0.25) is 0 Å². The van der Waals surface area contributed by atoms with Crippen LogP contribution in [0.1, 0.15) is 28.9 Å². The highest BCUT2D eigenvalue weighted by atomic mass is 35.5. The standard InChI is InChI=1S/C19H23N3O2.ClH/c1-2-20-13-14-21-19(24)17(15-9-5-3-6-10-15)22-18(23)16-11-7-4-8-12-16;/h3-12,17,20H,2,13-14H2,1H3,(H,21,24)(H,22,23);1H. The second-order valence-corrected chi connectivity index (χ2v) is 5.33. The zero-order chi connectivity index (χ0) is 17.2. The van der Waals surface area contributed by atoms with Gasteiger partial charge in [-0.05, 0) is 24.2 Å². The molecule has 5 nitrogen and oxygen atoms in total. The van der Waals surface area contributed by atoms with Crippen LogP contribution in [0.25, 0.3) is 0 Å². The summed E-state index contributed by atoms with van der Waals surface area (Å²) in [5.41, 5.74) is 1.28. The molecular formula is C19H24ClN3O2. The Morgan fingerprint density at radius 1 is 0.920 bits per heavy atom. The predicted molar refractivity (Wildman–Crippen MR) is 102 cm³/mol. The molecule has 134 valence electrons. The summed E-state index contributed by atoms with van der Waals surface area (Å²) < 4.78 is 0. The van der Waals surface area contributed by atoms with Gasteiger partial charge in [-0.15, -0.1) is 12.4 Å². The van der Waals surface area contributed by atoms with Gasteiger partial charge >= 0.3 is 0 Å². The van der Waals surface area contributed by atoms with E-state index in [-0.39, 0.29) is 24.2 Å². The monoisotopic (exact) mass is 361 g/mol. The minimum atomic E-state index is -0.722. The minimum absolute atomic E-state index is 0. The van der Waals surface area contributed by atoms with Gasteiger partial charge in [0, 0.05) is 18.7 Å². The smallest absolute Gasteiger partial charge is 0.252 e. The molecule has 1 unspecified atom stereocenters. The van der Waals surface area contributed by atoms with Gasteiger partial charge < -0.3 is 16.0 Å². The van der Waals surface area contributed by atoms with Gasteiger partial charge in [-0.25, -0.2) is 0 Å². The number of likely N-dealkylation sites (N-methyl/N-ethyl adjacent to an activating group) is 1. The number of nitrogens with one attached hydrogen (secondary N) is 3. The topological polar surface area (TPSA) is 70.2 Å². The molecule has 2 aromatic rings. The number of carbonyl (C=O) groups excluding carboxylic acids is 2. The Balaban J connectivity index is 0.00000312. The van der Waals surface area contributed by atoms with Crippen LogP contribution in [0, 0.1) is 0 Å². The van der Waals surface area contributed by atoms with E-state index in [1.807, 2.05) is 43.3 Å². The molecule has 0 fully saturated rings. The Bertz CT molecular complexity index is 650. The average molecular weight is 362 g/mol. The predicted octanol–water partition coefficient (Wildman–Crippen LogP) is 2.31. The SMILES string of the molecule is CCNCCNC(=O)C(NC(=O)c1ccccc1)c1ccccc1.Cl. The molecule has 0 saturated carbocycles. The average Bonchev–Trinajstić information content (AvgIpc) is 2.64. The summed E-state index contributed by atoms with van der Waals surface area (Å²) in [6.45, 7) is 4.06. The largest absolute Gasteiger partial charge is 0.353 e. The van der Waals surface area contributed by atoms with Crippen molar-refractivity contribution in [2.45, 2.75) is 13.0 Å². The Kier molecular flexibility index (Phi) is 9.29. The normalized spacial score (nSPS) is 11.1. The lowest BCUT2D eigenvalue weighted by Crippen LogP contribution is -2.42. The van der Waals surface area contributed by atoms with E-state index in [0.29, 0.717) is 18.7 Å². The Morgan fingerprint density at radius 2 is 1.52 bits per heavy atom. The lowest BCUT2D eigenvalue weighted by atomic mass is 10.1. The second kappa shape index (κ2) is 11.2. The van der Waals surface area contributed by atoms with Crippen molar-refractivity contribution in [1.29, 1.82) is 0 Å². The van der Waals surface area contributed by atoms with E-state index in [1.165, 1.54) is 0 Å². The third-order valence-electron chi connectivity index (χ3n) is 3.56. The lowest BCUT2D eigenvalue weighted by Gasteiger charge is -2.19. The molecule has 25 heavy (non-hydrogen) atoms. The molecule has 0 aliphatic heterocycles. The first-order valence-corrected chi connectivity index (χ1v) is 8.11. The van der Waals surface area contributed by atoms with Crippen LogP contribution in [0.5, 0.6) is 0 Å². The molecular weight excluding hydrogens is 338 g/mol. The number of hydrogen-bond acceptors (Lipinski definition) is 3. The highest BCUT2D eigenvalue weighted by molar-refractivity contribution is 5.97. The van der Waals surface area contributed by atoms with Crippen molar-refractivity contribution in [2.24, 2.45) is 0 Å². The van der Waals surface area contributed by atoms with E-state index in [4.69, 9.17) is 0 Å². The third kappa shape index (κ3) is 6.57. The fourth-order valence-corrected chi connectivity index (χ4v) is 2.30. The number of amides is 2. The van der Waals surface area contributed by atoms with Crippen LogP contribution in [-0.4, -0.2) is 31.4 Å². The zero-order valence-electron chi connectivity index (χ0n) is 14.2. The second-order valence-electron chi connectivity index (χ2n) is 5.33. The Morgan fingerprint density at radius 3 is 2.12 bits per heavy atom. The maximum Gasteiger partial charge on any atom is 0.252 e. The van der Waals surface area contributed by atoms with E-state index in [2.05, 4.69) is 16.0 Å². The van der Waals surface area contributed by atoms with Crippen molar-refractivity contribution in [3.05, 3.63) is 71.8 Å². The van der Waals surface area contributed by atoms with Crippen LogP contribution in [0.15, 0.2) is 60.7 Å². The number of hydrogen-bond donors (Lipinski definition) is 3. The van der Waals surface area contributed by atoms with Gasteiger partial charge in [-0.2, -0.15) is 0 Å². The molecule has 0 aliphatic carbocycles. The van der Waals surface area contributed by atoms with Crippen molar-refractivity contribution in [3.8, 4) is 0 Å². The molecule has 0 radical (unpaired) electrons. The van der Waals surface area contributed by atoms with Crippen molar-refractivity contribution in [1.82, 2.24) is 16.0 Å². The zero-order valence-corrected chi connectivity index (χ0v) is 15.0. The summed E-state index contributed by atoms with van der Waals surface area (Å²) in [4.78, 5) is 24.9. The molecule has 6 heteroatoms. The van der Waals surface area contributed by atoms with Crippen LogP contribution < -0.4 is 16.0 Å². The molecule has 0 aliphatic rings. The van der Waals surface area contributed by atoms with Crippen LogP contribution in [0.3, 0.4) is 0 Å². The maximum atomic E-state index is 12.5. The van der Waals surface area contributed by atoms with Crippen molar-refractivity contribution < 1.29 is 9.59 Å². The number of halogens is 1. The van der Waals surface area contributed by atoms with E-state index in [0.717, 1.165) is 12.1 Å². The Labute approximate surface area is 154 Å². The van der Waals surface area contributed by atoms with Gasteiger partial charge in [0.2, 0.25) is 5.91 Å². The quantitative estimate of drug-likeness (QED) is 0.632. The van der Waals surface area contributed by atoms with E-state index in [1.54, 1.807) is 24.3 Å². The van der Waals surface area contributed by atoms with Crippen LogP contribution in [-0.2, 0) is 4.79 Å². The van der Waals surface area contributed by atoms with Gasteiger partial charge in [0.1, 0.15) is 6.04 Å². The highest BCUT2D eigenvalue weighted by Crippen LogP contribution is 2.14. The first kappa shape index (κ1) is 20.7. The van der Waals surface area contributed by atoms with Gasteiger partial charge in [0.25, 0.3) is 5.91 Å². The fraction of sp³-hybridized carbons (Fsp3) is 0.263. The number of rotatable bonds is 8. The molecule has 3 N–H and O–H groups in total. The minimum Gasteiger partial charge on any atom is -0.353 e. The van der Waals surface area contributed by atoms with E-state index >= 15 is 0 Å². The van der Waals surface area contributed by atoms with Crippen LogP contribution in [0.4, 0.5) is 0 Å². The van der Waals surface area contributed by atoms with E-state index in [9.17, 15) is 9.59 Å². The van der Waals surface area contributed by atoms with Crippen molar-refractivity contribution in [2.75, 3.05) is 19.6 Å². The molecule has 0 heterocycles. The van der Waals surface area contributed by atoms with Gasteiger partial charge in [-0.3, -0.25) is 9.59 Å². The number of carbonyl (C=O) groups is 2. The van der Waals surface area contributed by atoms with Crippen LogP contribution >= 0.6 is 12.4 Å². The summed E-state index contributed by atoms with van der Waals surface area (Å²) in [5.74, 6) is -0.491. The Hall–Kier alpha value is -2.37. The summed E-state index contributed by atoms with van der Waals surface area (Å²) in [7, 11) is 0. The van der Waals surface area contributed by atoms with Crippen molar-refractivity contribution in [3.63, 3.8) is 0 Å². The lowest BCUT2D eigenvalue weighted by molar-refractivity contribution is -0.123. The molecule has 2 amide bonds. The summed E-state index contributed by atoms with van der Waals surface area (Å²) in [6.07, 6.45) is 0. The van der Waals surface area contributed by atoms with Gasteiger partial charge in [0.15, 0.2) is 0 Å². The van der Waals surface area contributed by atoms with E-state index < -0.39 is 6.04 Å². The van der Waals surface area contributed by atoms with Gasteiger partial charge in [-0.1, -0.05) is 55.5 Å². The summed E-state index contributed by atoms with van der Waals surface area (Å²) >= 11 is 0. The third-order valence-corrected chi connectivity index (χ3v) is 3.56. The van der Waals surface area contributed by atoms with Crippen molar-refractivity contribution >= 4 is 24.2 Å². The molecule has 0 bridgehead atoms. The first-order chi connectivity index (χ1) is 11.7. The molecule has 1 atom stereocenters. The molecule has 0 spiro atoms. The molecule has 0 aromatic heterocycles. The summed E-state index contributed by atoms with van der Waals surface area (Å²) in [5, 5.41) is 8.82. The molecule has 2 aromatic carbocycles. The fourth-order valence-electron chi connectivity index (χ4n) is 2.30. The summed E-state index contributed by atoms with van der Waals surface area (Å²) in [6, 6.07) is 17.4. The van der Waals surface area contributed by atoms with Gasteiger partial charge in [0.05, 0.1) is 0 Å². The number of benzene rings is 2. The molecule has 0 saturated heterocycles. The highest BCUT2D eigenvalue weighted by Gasteiger charge is 2.22. The molecule has 2 rings (SSSR count). The maximum absolute atomic E-state index is 12.5. The first-order valence-electron chi connectivity index (χ1n) is 8.11.